The topological polar surface area (TPSA) is 0 Å². The summed E-state index contributed by atoms with van der Waals surface area (Å²) in [5.41, 5.74) is 2.84. The summed E-state index contributed by atoms with van der Waals surface area (Å²) in [7, 11) is 0. The third kappa shape index (κ3) is 3.65. The molecule has 0 atom stereocenters. The standard InChI is InChI=1S/C15H14.Zr/c1-3-8-14(9-4-1)12-7-13-15-10-5-2-6-11-15;/h1-6,8-11H,12-13H2;/q;+2. The molecule has 0 N–H and O–H groups in total. The molecule has 2 aromatic carbocycles. The zero-order valence-electron chi connectivity index (χ0n) is 9.19. The van der Waals surface area contributed by atoms with Crippen LogP contribution in [0.4, 0.5) is 0 Å². The Morgan fingerprint density at radius 2 is 1.06 bits per heavy atom. The quantitative estimate of drug-likeness (QED) is 0.809. The minimum atomic E-state index is 1.12. The number of hydrogen-bond donors (Lipinski definition) is 0. The van der Waals surface area contributed by atoms with Crippen LogP contribution in [0.5, 0.6) is 0 Å². The van der Waals surface area contributed by atoms with Gasteiger partial charge in [0, 0.05) is 0 Å². The van der Waals surface area contributed by atoms with Crippen molar-refractivity contribution >= 4 is 3.21 Å². The van der Waals surface area contributed by atoms with Crippen molar-refractivity contribution in [3.8, 4) is 0 Å². The molecular weight excluding hydrogens is 271 g/mol. The number of hydrogen-bond acceptors (Lipinski definition) is 0. The summed E-state index contributed by atoms with van der Waals surface area (Å²) >= 11 is 1.55. The van der Waals surface area contributed by atoms with E-state index in [2.05, 4.69) is 60.7 Å². The third-order valence-corrected chi connectivity index (χ3v) is 3.39. The van der Waals surface area contributed by atoms with E-state index in [1.165, 1.54) is 11.1 Å². The van der Waals surface area contributed by atoms with Gasteiger partial charge in [-0.05, 0) is 0 Å². The molecule has 0 saturated heterocycles. The first kappa shape index (κ1) is 11.7. The average molecular weight is 286 g/mol. The van der Waals surface area contributed by atoms with Gasteiger partial charge in [-0.25, -0.2) is 0 Å². The molecule has 0 bridgehead atoms. The SMILES string of the molecule is [Zr+2]=[C](Cc1ccccc1)Cc1ccccc1. The van der Waals surface area contributed by atoms with Crippen LogP contribution in [0.3, 0.4) is 0 Å². The average Bonchev–Trinajstić information content (AvgIpc) is 2.31. The molecule has 0 aliphatic heterocycles. The summed E-state index contributed by atoms with van der Waals surface area (Å²) in [6.07, 6.45) is 2.24. The molecule has 2 aromatic rings. The van der Waals surface area contributed by atoms with Crippen LogP contribution in [0.15, 0.2) is 60.7 Å². The minimum absolute atomic E-state index is 1.12. The molecule has 0 nitrogen and oxygen atoms in total. The molecule has 0 heterocycles. The molecule has 0 aliphatic carbocycles. The summed E-state index contributed by atoms with van der Waals surface area (Å²) in [5, 5.41) is 0. The van der Waals surface area contributed by atoms with Gasteiger partial charge in [-0.1, -0.05) is 0 Å². The Bertz CT molecular complexity index is 402. The molecule has 0 aliphatic rings. The van der Waals surface area contributed by atoms with Crippen LogP contribution in [0.2, 0.25) is 0 Å². The zero-order valence-corrected chi connectivity index (χ0v) is 11.6. The fourth-order valence-corrected chi connectivity index (χ4v) is 2.75. The second-order valence-corrected chi connectivity index (χ2v) is 5.67. The van der Waals surface area contributed by atoms with Crippen molar-refractivity contribution in [1.82, 2.24) is 0 Å². The fraction of sp³-hybridized carbons (Fsp3) is 0.133. The van der Waals surface area contributed by atoms with Crippen molar-refractivity contribution in [2.24, 2.45) is 0 Å². The van der Waals surface area contributed by atoms with Crippen LogP contribution in [0.1, 0.15) is 11.1 Å². The fourth-order valence-electron chi connectivity index (χ4n) is 1.75. The van der Waals surface area contributed by atoms with E-state index < -0.39 is 0 Å². The molecule has 0 spiro atoms. The maximum absolute atomic E-state index is 2.20. The predicted octanol–water partition coefficient (Wildman–Crippen LogP) is 3.19. The molecule has 16 heavy (non-hydrogen) atoms. The van der Waals surface area contributed by atoms with Gasteiger partial charge in [0.2, 0.25) is 0 Å². The molecule has 0 aromatic heterocycles. The van der Waals surface area contributed by atoms with Crippen LogP contribution in [-0.4, -0.2) is 3.21 Å². The van der Waals surface area contributed by atoms with E-state index in [1.807, 2.05) is 0 Å². The van der Waals surface area contributed by atoms with Crippen LogP contribution >= 0.6 is 0 Å². The van der Waals surface area contributed by atoms with Gasteiger partial charge in [-0.15, -0.1) is 0 Å². The van der Waals surface area contributed by atoms with E-state index in [9.17, 15) is 0 Å². The monoisotopic (exact) mass is 284 g/mol. The molecular formula is C15H14Zr+2. The van der Waals surface area contributed by atoms with Crippen molar-refractivity contribution in [2.75, 3.05) is 0 Å². The Labute approximate surface area is 112 Å². The van der Waals surface area contributed by atoms with Gasteiger partial charge in [0.15, 0.2) is 0 Å². The molecule has 0 saturated carbocycles. The van der Waals surface area contributed by atoms with Crippen molar-refractivity contribution in [3.63, 3.8) is 0 Å². The summed E-state index contributed by atoms with van der Waals surface area (Å²) in [4.78, 5) is 0. The summed E-state index contributed by atoms with van der Waals surface area (Å²) < 4.78 is 1.60. The van der Waals surface area contributed by atoms with E-state index in [4.69, 9.17) is 0 Å². The van der Waals surface area contributed by atoms with Crippen molar-refractivity contribution < 1.29 is 24.2 Å². The van der Waals surface area contributed by atoms with E-state index in [0.717, 1.165) is 12.8 Å². The van der Waals surface area contributed by atoms with Gasteiger partial charge >= 0.3 is 112 Å². The van der Waals surface area contributed by atoms with Crippen molar-refractivity contribution in [2.45, 2.75) is 12.8 Å². The van der Waals surface area contributed by atoms with Gasteiger partial charge in [0.05, 0.1) is 0 Å². The normalized spacial score (nSPS) is 10.1. The summed E-state index contributed by atoms with van der Waals surface area (Å²) in [6, 6.07) is 21.4. The summed E-state index contributed by atoms with van der Waals surface area (Å²) in [6.45, 7) is 0. The molecule has 0 radical (unpaired) electrons. The van der Waals surface area contributed by atoms with Gasteiger partial charge in [-0.3, -0.25) is 0 Å². The Morgan fingerprint density at radius 3 is 1.44 bits per heavy atom. The third-order valence-electron chi connectivity index (χ3n) is 2.52. The second kappa shape index (κ2) is 6.06. The molecule has 0 amide bonds. The van der Waals surface area contributed by atoms with E-state index in [0.29, 0.717) is 0 Å². The molecule has 0 unspecified atom stereocenters. The van der Waals surface area contributed by atoms with Gasteiger partial charge in [0.1, 0.15) is 0 Å². The molecule has 0 fully saturated rings. The van der Waals surface area contributed by atoms with Crippen LogP contribution in [-0.2, 0) is 37.1 Å². The first-order valence-corrected chi connectivity index (χ1v) is 6.71. The number of rotatable bonds is 4. The first-order chi connectivity index (χ1) is 7.84. The van der Waals surface area contributed by atoms with Crippen molar-refractivity contribution in [3.05, 3.63) is 71.8 Å². The van der Waals surface area contributed by atoms with Crippen molar-refractivity contribution in [1.29, 1.82) is 0 Å². The van der Waals surface area contributed by atoms with Gasteiger partial charge in [0.25, 0.3) is 0 Å². The van der Waals surface area contributed by atoms with E-state index in [1.54, 1.807) is 27.4 Å². The Balaban J connectivity index is 1.95. The van der Waals surface area contributed by atoms with Crippen LogP contribution in [0, 0.1) is 0 Å². The van der Waals surface area contributed by atoms with Crippen LogP contribution in [0.25, 0.3) is 0 Å². The Kier molecular flexibility index (Phi) is 4.42. The van der Waals surface area contributed by atoms with Gasteiger partial charge in [-0.2, -0.15) is 0 Å². The predicted molar refractivity (Wildman–Crippen MR) is 65.3 cm³/mol. The Hall–Kier alpha value is -0.807. The molecule has 2 rings (SSSR count). The Morgan fingerprint density at radius 1 is 0.688 bits per heavy atom. The number of benzene rings is 2. The zero-order chi connectivity index (χ0) is 11.2. The van der Waals surface area contributed by atoms with E-state index >= 15 is 0 Å². The van der Waals surface area contributed by atoms with Gasteiger partial charge < -0.3 is 0 Å². The molecule has 1 heteroatoms. The molecule has 76 valence electrons. The second-order valence-electron chi connectivity index (χ2n) is 3.93. The maximum atomic E-state index is 2.20. The summed E-state index contributed by atoms with van der Waals surface area (Å²) in [5.74, 6) is 0. The van der Waals surface area contributed by atoms with Crippen LogP contribution < -0.4 is 0 Å². The van der Waals surface area contributed by atoms with E-state index in [-0.39, 0.29) is 0 Å². The first-order valence-electron chi connectivity index (χ1n) is 5.49.